The van der Waals surface area contributed by atoms with Crippen molar-refractivity contribution in [2.45, 2.75) is 20.3 Å². The van der Waals surface area contributed by atoms with Gasteiger partial charge in [0.05, 0.1) is 0 Å². The molecule has 1 aromatic carbocycles. The summed E-state index contributed by atoms with van der Waals surface area (Å²) in [5.74, 6) is 0. The Hall–Kier alpha value is -0.930. The van der Waals surface area contributed by atoms with Gasteiger partial charge in [0.2, 0.25) is 5.28 Å². The van der Waals surface area contributed by atoms with Crippen molar-refractivity contribution >= 4 is 23.1 Å². The number of benzene rings is 1. The fraction of sp³-hybridized carbons (Fsp3) is 0.273. The Morgan fingerprint density at radius 3 is 2.80 bits per heavy atom. The van der Waals surface area contributed by atoms with Crippen molar-refractivity contribution in [1.82, 2.24) is 9.36 Å². The highest BCUT2D eigenvalue weighted by Crippen LogP contribution is 2.18. The predicted octanol–water partition coefficient (Wildman–Crippen LogP) is 3.40. The Morgan fingerprint density at radius 1 is 1.33 bits per heavy atom. The first kappa shape index (κ1) is 10.6. The normalized spacial score (nSPS) is 10.6. The molecule has 2 nitrogen and oxygen atoms in total. The van der Waals surface area contributed by atoms with Crippen molar-refractivity contribution in [3.63, 3.8) is 0 Å². The zero-order valence-corrected chi connectivity index (χ0v) is 10.2. The van der Waals surface area contributed by atoms with Crippen molar-refractivity contribution in [3.8, 4) is 0 Å². The molecule has 0 aliphatic heterocycles. The van der Waals surface area contributed by atoms with E-state index in [-0.39, 0.29) is 0 Å². The van der Waals surface area contributed by atoms with Crippen LogP contribution < -0.4 is 0 Å². The quantitative estimate of drug-likeness (QED) is 0.802. The Kier molecular flexibility index (Phi) is 3.03. The average molecular weight is 239 g/mol. The lowest BCUT2D eigenvalue weighted by atomic mass is 10.0. The smallest absolute Gasteiger partial charge is 0.209 e. The summed E-state index contributed by atoms with van der Waals surface area (Å²) >= 11 is 7.05. The molecule has 2 rings (SSSR count). The molecule has 1 aromatic heterocycles. The zero-order chi connectivity index (χ0) is 10.8. The van der Waals surface area contributed by atoms with Crippen molar-refractivity contribution in [1.29, 1.82) is 0 Å². The Balaban J connectivity index is 2.27. The summed E-state index contributed by atoms with van der Waals surface area (Å²) in [6.45, 7) is 4.20. The summed E-state index contributed by atoms with van der Waals surface area (Å²) in [7, 11) is 0. The number of nitrogens with zero attached hydrogens (tertiary/aromatic N) is 2. The minimum absolute atomic E-state index is 0.348. The molecule has 0 amide bonds. The van der Waals surface area contributed by atoms with Crippen LogP contribution in [0, 0.1) is 13.8 Å². The molecule has 0 aliphatic rings. The van der Waals surface area contributed by atoms with Gasteiger partial charge < -0.3 is 0 Å². The Labute approximate surface area is 98.1 Å². The largest absolute Gasteiger partial charge is 0.234 e. The third-order valence-corrected chi connectivity index (χ3v) is 3.27. The molecule has 78 valence electrons. The molecule has 0 N–H and O–H groups in total. The van der Waals surface area contributed by atoms with Crippen LogP contribution in [-0.4, -0.2) is 9.36 Å². The van der Waals surface area contributed by atoms with E-state index in [0.717, 1.165) is 11.4 Å². The van der Waals surface area contributed by atoms with Crippen molar-refractivity contribution in [2.24, 2.45) is 0 Å². The molecule has 0 spiro atoms. The van der Waals surface area contributed by atoms with E-state index >= 15 is 0 Å². The molecule has 0 saturated heterocycles. The van der Waals surface area contributed by atoms with Gasteiger partial charge in [0.15, 0.2) is 0 Å². The van der Waals surface area contributed by atoms with E-state index in [0.29, 0.717) is 5.28 Å². The number of aromatic nitrogens is 2. The molecule has 0 saturated carbocycles. The number of rotatable bonds is 2. The molecule has 2 aromatic rings. The Morgan fingerprint density at radius 2 is 2.13 bits per heavy atom. The number of hydrogen-bond acceptors (Lipinski definition) is 3. The van der Waals surface area contributed by atoms with Crippen LogP contribution >= 0.6 is 23.1 Å². The van der Waals surface area contributed by atoms with Gasteiger partial charge in [-0.25, -0.2) is 4.98 Å². The van der Waals surface area contributed by atoms with Crippen LogP contribution in [0.3, 0.4) is 0 Å². The lowest BCUT2D eigenvalue weighted by Gasteiger charge is -2.04. The van der Waals surface area contributed by atoms with Crippen LogP contribution in [0.25, 0.3) is 0 Å². The van der Waals surface area contributed by atoms with Crippen molar-refractivity contribution < 1.29 is 0 Å². The third-order valence-electron chi connectivity index (χ3n) is 2.29. The van der Waals surface area contributed by atoms with Crippen molar-refractivity contribution in [3.05, 3.63) is 45.2 Å². The molecule has 0 radical (unpaired) electrons. The highest BCUT2D eigenvalue weighted by atomic mass is 35.5. The highest BCUT2D eigenvalue weighted by molar-refractivity contribution is 7.05. The predicted molar refractivity (Wildman–Crippen MR) is 63.6 cm³/mol. The summed E-state index contributed by atoms with van der Waals surface area (Å²) in [6.07, 6.45) is 0.817. The van der Waals surface area contributed by atoms with Gasteiger partial charge in [0.25, 0.3) is 0 Å². The van der Waals surface area contributed by atoms with E-state index in [1.54, 1.807) is 0 Å². The molecular weight excluding hydrogens is 228 g/mol. The van der Waals surface area contributed by atoms with Crippen LogP contribution in [0.4, 0.5) is 0 Å². The topological polar surface area (TPSA) is 25.8 Å². The minimum atomic E-state index is 0.348. The first-order valence-electron chi connectivity index (χ1n) is 4.69. The maximum Gasteiger partial charge on any atom is 0.234 e. The second kappa shape index (κ2) is 4.29. The molecule has 0 fully saturated rings. The van der Waals surface area contributed by atoms with Crippen LogP contribution in [0.15, 0.2) is 18.2 Å². The molecular formula is C11H11ClN2S. The molecule has 0 unspecified atom stereocenters. The van der Waals surface area contributed by atoms with Gasteiger partial charge >= 0.3 is 0 Å². The lowest BCUT2D eigenvalue weighted by molar-refractivity contribution is 1.10. The summed E-state index contributed by atoms with van der Waals surface area (Å²) in [6, 6.07) is 6.43. The second-order valence-electron chi connectivity index (χ2n) is 3.56. The summed E-state index contributed by atoms with van der Waals surface area (Å²) < 4.78 is 3.96. The molecule has 0 aliphatic carbocycles. The molecule has 0 bridgehead atoms. The minimum Gasteiger partial charge on any atom is -0.209 e. The molecule has 0 atom stereocenters. The first-order valence-corrected chi connectivity index (χ1v) is 5.84. The zero-order valence-electron chi connectivity index (χ0n) is 8.62. The van der Waals surface area contributed by atoms with Gasteiger partial charge in [0, 0.05) is 6.42 Å². The van der Waals surface area contributed by atoms with E-state index in [9.17, 15) is 0 Å². The van der Waals surface area contributed by atoms with Gasteiger partial charge in [0.1, 0.15) is 5.01 Å². The number of hydrogen-bond donors (Lipinski definition) is 0. The van der Waals surface area contributed by atoms with Gasteiger partial charge in [-0.2, -0.15) is 4.37 Å². The van der Waals surface area contributed by atoms with E-state index < -0.39 is 0 Å². The SMILES string of the molecule is Cc1ccc(C)c(Cc2nc(Cl)ns2)c1. The highest BCUT2D eigenvalue weighted by Gasteiger charge is 2.05. The van der Waals surface area contributed by atoms with Gasteiger partial charge in [-0.1, -0.05) is 23.8 Å². The monoisotopic (exact) mass is 238 g/mol. The standard InChI is InChI=1S/C11H11ClN2S/c1-7-3-4-8(2)9(5-7)6-10-13-11(12)14-15-10/h3-5H,6H2,1-2H3. The van der Waals surface area contributed by atoms with Gasteiger partial charge in [-0.15, -0.1) is 0 Å². The van der Waals surface area contributed by atoms with E-state index in [1.807, 2.05) is 0 Å². The van der Waals surface area contributed by atoms with Crippen LogP contribution in [0.5, 0.6) is 0 Å². The van der Waals surface area contributed by atoms with E-state index in [1.165, 1.54) is 28.2 Å². The molecule has 15 heavy (non-hydrogen) atoms. The van der Waals surface area contributed by atoms with Crippen LogP contribution in [0.2, 0.25) is 5.28 Å². The maximum absolute atomic E-state index is 5.69. The Bertz CT molecular complexity index is 479. The molecule has 4 heteroatoms. The lowest BCUT2D eigenvalue weighted by Crippen LogP contribution is -1.91. The summed E-state index contributed by atoms with van der Waals surface area (Å²) in [5.41, 5.74) is 3.85. The average Bonchev–Trinajstić information content (AvgIpc) is 2.58. The van der Waals surface area contributed by atoms with E-state index in [2.05, 4.69) is 41.4 Å². The number of halogens is 1. The van der Waals surface area contributed by atoms with Crippen LogP contribution in [-0.2, 0) is 6.42 Å². The maximum atomic E-state index is 5.69. The van der Waals surface area contributed by atoms with Crippen LogP contribution in [0.1, 0.15) is 21.7 Å². The first-order chi connectivity index (χ1) is 7.15. The van der Waals surface area contributed by atoms with Gasteiger partial charge in [-0.3, -0.25) is 0 Å². The third kappa shape index (κ3) is 2.55. The fourth-order valence-electron chi connectivity index (χ4n) is 1.46. The second-order valence-corrected chi connectivity index (χ2v) is 4.74. The fourth-order valence-corrected chi connectivity index (χ4v) is 2.28. The number of aryl methyl sites for hydroxylation is 2. The van der Waals surface area contributed by atoms with Crippen molar-refractivity contribution in [2.75, 3.05) is 0 Å². The van der Waals surface area contributed by atoms with E-state index in [4.69, 9.17) is 11.6 Å². The van der Waals surface area contributed by atoms with Gasteiger partial charge in [-0.05, 0) is 48.1 Å². The summed E-state index contributed by atoms with van der Waals surface area (Å²) in [5, 5.41) is 1.31. The summed E-state index contributed by atoms with van der Waals surface area (Å²) in [4.78, 5) is 4.15. The molecule has 1 heterocycles.